The lowest BCUT2D eigenvalue weighted by atomic mass is 10.1. The van der Waals surface area contributed by atoms with Crippen LogP contribution in [0.25, 0.3) is 27.6 Å². The van der Waals surface area contributed by atoms with E-state index in [9.17, 15) is 4.79 Å². The molecule has 0 radical (unpaired) electrons. The molecule has 0 atom stereocenters. The van der Waals surface area contributed by atoms with Gasteiger partial charge in [-0.1, -0.05) is 0 Å². The third-order valence-electron chi connectivity index (χ3n) is 5.09. The van der Waals surface area contributed by atoms with Crippen LogP contribution in [0.3, 0.4) is 0 Å². The highest BCUT2D eigenvalue weighted by molar-refractivity contribution is 6.12. The number of aromatic nitrogens is 5. The summed E-state index contributed by atoms with van der Waals surface area (Å²) < 4.78 is 7.30. The van der Waals surface area contributed by atoms with Crippen LogP contribution in [0.2, 0.25) is 0 Å². The summed E-state index contributed by atoms with van der Waals surface area (Å²) in [6.45, 7) is 5.85. The van der Waals surface area contributed by atoms with Gasteiger partial charge >= 0.3 is 0 Å². The molecule has 0 amide bonds. The number of fused-ring (bicyclic) bond motifs is 2. The van der Waals surface area contributed by atoms with Crippen molar-refractivity contribution in [3.05, 3.63) is 65.7 Å². The smallest absolute Gasteiger partial charge is 0.214 e. The SMILES string of the molecule is Cc1nc2ccc(-n3ncc(C(=O)c4cc5cc(OC(C)C)ccc5[nH]4)c3N)cc2[nH]1. The number of ketones is 1. The first-order valence-corrected chi connectivity index (χ1v) is 10.0. The fourth-order valence-electron chi connectivity index (χ4n) is 3.72. The van der Waals surface area contributed by atoms with Crippen LogP contribution in [0.5, 0.6) is 5.75 Å². The van der Waals surface area contributed by atoms with Gasteiger partial charge in [-0.3, -0.25) is 4.79 Å². The molecule has 0 bridgehead atoms. The Morgan fingerprint density at radius 3 is 2.74 bits per heavy atom. The highest BCUT2D eigenvalue weighted by atomic mass is 16.5. The molecule has 5 rings (SSSR count). The van der Waals surface area contributed by atoms with E-state index in [1.54, 1.807) is 10.7 Å². The molecule has 0 fully saturated rings. The number of hydrogen-bond acceptors (Lipinski definition) is 5. The molecule has 0 unspecified atom stereocenters. The molecule has 0 aliphatic heterocycles. The minimum absolute atomic E-state index is 0.0769. The Kier molecular flexibility index (Phi) is 4.28. The molecule has 3 heterocycles. The van der Waals surface area contributed by atoms with Crippen molar-refractivity contribution in [2.75, 3.05) is 5.73 Å². The fourth-order valence-corrected chi connectivity index (χ4v) is 3.72. The van der Waals surface area contributed by atoms with Gasteiger partial charge in [-0.25, -0.2) is 9.67 Å². The van der Waals surface area contributed by atoms with Gasteiger partial charge in [0, 0.05) is 10.9 Å². The molecule has 156 valence electrons. The zero-order valence-corrected chi connectivity index (χ0v) is 17.4. The van der Waals surface area contributed by atoms with Crippen LogP contribution >= 0.6 is 0 Å². The van der Waals surface area contributed by atoms with E-state index in [0.717, 1.165) is 39.2 Å². The number of H-pyrrole nitrogens is 2. The van der Waals surface area contributed by atoms with Crippen molar-refractivity contribution in [1.82, 2.24) is 24.7 Å². The Morgan fingerprint density at radius 2 is 1.94 bits per heavy atom. The summed E-state index contributed by atoms with van der Waals surface area (Å²) in [6.07, 6.45) is 1.58. The summed E-state index contributed by atoms with van der Waals surface area (Å²) in [5.41, 5.74) is 10.4. The van der Waals surface area contributed by atoms with Gasteiger partial charge in [-0.15, -0.1) is 0 Å². The van der Waals surface area contributed by atoms with Crippen LogP contribution < -0.4 is 10.5 Å². The summed E-state index contributed by atoms with van der Waals surface area (Å²) in [5, 5.41) is 5.25. The summed E-state index contributed by atoms with van der Waals surface area (Å²) >= 11 is 0. The largest absolute Gasteiger partial charge is 0.491 e. The highest BCUT2D eigenvalue weighted by Crippen LogP contribution is 2.26. The van der Waals surface area contributed by atoms with Gasteiger partial charge in [0.25, 0.3) is 0 Å². The second kappa shape index (κ2) is 7.02. The molecule has 8 nitrogen and oxygen atoms in total. The van der Waals surface area contributed by atoms with E-state index in [0.29, 0.717) is 11.3 Å². The number of nitrogens with zero attached hydrogens (tertiary/aromatic N) is 3. The van der Waals surface area contributed by atoms with Gasteiger partial charge in [0.05, 0.1) is 40.3 Å². The molecule has 2 aromatic carbocycles. The maximum absolute atomic E-state index is 13.1. The topological polar surface area (TPSA) is 115 Å². The zero-order valence-electron chi connectivity index (χ0n) is 17.4. The number of ether oxygens (including phenoxy) is 1. The molecule has 0 saturated heterocycles. The number of benzene rings is 2. The van der Waals surface area contributed by atoms with E-state index < -0.39 is 0 Å². The van der Waals surface area contributed by atoms with Gasteiger partial charge in [0.15, 0.2) is 0 Å². The Labute approximate surface area is 178 Å². The minimum Gasteiger partial charge on any atom is -0.491 e. The molecule has 8 heteroatoms. The van der Waals surface area contributed by atoms with Gasteiger partial charge in [0.1, 0.15) is 17.4 Å². The number of carbonyl (C=O) groups excluding carboxylic acids is 1. The number of nitrogens with one attached hydrogen (secondary N) is 2. The van der Waals surface area contributed by atoms with E-state index in [2.05, 4.69) is 20.1 Å². The number of aromatic amines is 2. The van der Waals surface area contributed by atoms with Gasteiger partial charge < -0.3 is 20.4 Å². The molecule has 4 N–H and O–H groups in total. The number of nitrogen functional groups attached to an aromatic ring is 1. The van der Waals surface area contributed by atoms with E-state index in [1.807, 2.05) is 57.2 Å². The second-order valence-electron chi connectivity index (χ2n) is 7.81. The predicted octanol–water partition coefficient (Wildman–Crippen LogP) is 4.14. The van der Waals surface area contributed by atoms with Crippen LogP contribution in [-0.2, 0) is 0 Å². The molecule has 0 saturated carbocycles. The van der Waals surface area contributed by atoms with Crippen molar-refractivity contribution in [3.8, 4) is 11.4 Å². The number of carbonyl (C=O) groups is 1. The maximum Gasteiger partial charge on any atom is 0.214 e. The van der Waals surface area contributed by atoms with Crippen molar-refractivity contribution < 1.29 is 9.53 Å². The van der Waals surface area contributed by atoms with E-state index in [1.165, 1.54) is 6.20 Å². The summed E-state index contributed by atoms with van der Waals surface area (Å²) in [4.78, 5) is 23.9. The minimum atomic E-state index is -0.218. The normalized spacial score (nSPS) is 11.6. The Hall–Kier alpha value is -4.07. The lowest BCUT2D eigenvalue weighted by Gasteiger charge is -2.08. The average molecular weight is 414 g/mol. The molecular weight excluding hydrogens is 392 g/mol. The Balaban J connectivity index is 1.49. The monoisotopic (exact) mass is 414 g/mol. The van der Waals surface area contributed by atoms with Crippen LogP contribution in [-0.4, -0.2) is 36.6 Å². The molecule has 0 aliphatic rings. The first kappa shape index (κ1) is 18.9. The van der Waals surface area contributed by atoms with E-state index in [4.69, 9.17) is 10.5 Å². The number of aryl methyl sites for hydroxylation is 1. The van der Waals surface area contributed by atoms with Crippen LogP contribution in [0.4, 0.5) is 5.82 Å². The first-order valence-electron chi connectivity index (χ1n) is 10.0. The fraction of sp³-hybridized carbons (Fsp3) is 0.174. The first-order chi connectivity index (χ1) is 14.9. The van der Waals surface area contributed by atoms with E-state index in [-0.39, 0.29) is 17.7 Å². The molecule has 0 aliphatic carbocycles. The highest BCUT2D eigenvalue weighted by Gasteiger charge is 2.20. The van der Waals surface area contributed by atoms with Crippen molar-refractivity contribution >= 4 is 33.5 Å². The number of anilines is 1. The lowest BCUT2D eigenvalue weighted by molar-refractivity contribution is 0.103. The number of nitrogens with two attached hydrogens (primary N) is 1. The molecule has 5 aromatic rings. The molecule has 31 heavy (non-hydrogen) atoms. The number of imidazole rings is 1. The van der Waals surface area contributed by atoms with Gasteiger partial charge in [-0.2, -0.15) is 5.10 Å². The molecule has 3 aromatic heterocycles. The summed E-state index contributed by atoms with van der Waals surface area (Å²) in [6, 6.07) is 13.2. The van der Waals surface area contributed by atoms with Gasteiger partial charge in [0.2, 0.25) is 5.78 Å². The quantitative estimate of drug-likeness (QED) is 0.374. The summed E-state index contributed by atoms with van der Waals surface area (Å²) in [5.74, 6) is 1.65. The average Bonchev–Trinajstić information content (AvgIpc) is 3.41. The predicted molar refractivity (Wildman–Crippen MR) is 120 cm³/mol. The van der Waals surface area contributed by atoms with Crippen molar-refractivity contribution in [2.24, 2.45) is 0 Å². The van der Waals surface area contributed by atoms with Crippen molar-refractivity contribution in [2.45, 2.75) is 26.9 Å². The standard InChI is InChI=1S/C23H22N6O2/c1-12(2)31-16-5-7-18-14(8-16)9-21(28-18)22(30)17-11-25-29(23(17)24)15-4-6-19-20(10-15)27-13(3)26-19/h4-12,28H,24H2,1-3H3,(H,26,27). The third-order valence-corrected chi connectivity index (χ3v) is 5.09. The van der Waals surface area contributed by atoms with Gasteiger partial charge in [-0.05, 0) is 63.2 Å². The summed E-state index contributed by atoms with van der Waals surface area (Å²) in [7, 11) is 0. The Bertz CT molecular complexity index is 1440. The van der Waals surface area contributed by atoms with Crippen molar-refractivity contribution in [3.63, 3.8) is 0 Å². The van der Waals surface area contributed by atoms with Crippen LogP contribution in [0.1, 0.15) is 35.7 Å². The van der Waals surface area contributed by atoms with Crippen LogP contribution in [0, 0.1) is 6.92 Å². The number of rotatable bonds is 5. The second-order valence-corrected chi connectivity index (χ2v) is 7.81. The van der Waals surface area contributed by atoms with Crippen LogP contribution in [0.15, 0.2) is 48.7 Å². The van der Waals surface area contributed by atoms with E-state index >= 15 is 0 Å². The zero-order chi connectivity index (χ0) is 21.7. The molecular formula is C23H22N6O2. The maximum atomic E-state index is 13.1. The lowest BCUT2D eigenvalue weighted by Crippen LogP contribution is -2.07. The molecule has 0 spiro atoms. The number of hydrogen-bond donors (Lipinski definition) is 3. The Morgan fingerprint density at radius 1 is 1.10 bits per heavy atom. The third kappa shape index (κ3) is 3.31. The van der Waals surface area contributed by atoms with Crippen molar-refractivity contribution in [1.29, 1.82) is 0 Å².